The second kappa shape index (κ2) is 14.6. The first-order valence-electron chi connectivity index (χ1n) is 12.4. The number of rotatable bonds is 13. The van der Waals surface area contributed by atoms with Crippen molar-refractivity contribution in [1.82, 2.24) is 14.5 Å². The Labute approximate surface area is 254 Å². The van der Waals surface area contributed by atoms with Crippen LogP contribution in [0.2, 0.25) is 0 Å². The van der Waals surface area contributed by atoms with Crippen LogP contribution in [0.4, 0.5) is 0 Å². The molecule has 0 spiro atoms. The lowest BCUT2D eigenvalue weighted by Crippen LogP contribution is -2.29. The van der Waals surface area contributed by atoms with E-state index in [0.29, 0.717) is 17.0 Å². The van der Waals surface area contributed by atoms with Gasteiger partial charge in [0.25, 0.3) is 5.56 Å². The third-order valence-corrected chi connectivity index (χ3v) is 12.1. The standard InChI is InChI=1S/C21H33N4O13P3S2/c1-13-23-19-18(20(26)24-13)14(6-5-7-22)9-25(19)10-15-8-16(34-12-42-43-21(2,3)4)17(36-15)11-35-40(30,31)38-41(32,33)37-39(27,28)29/h9,15-17H,7-8,10-12,22H2,1-4H3,(H,30,31)(H,32,33)(H,23,24,26)(H2,27,28,29)/t15-,16-,17-/m1/s1. The Bertz CT molecular complexity index is 1560. The number of phosphoric ester groups is 1. The number of nitrogens with one attached hydrogen (secondary N) is 1. The van der Waals surface area contributed by atoms with E-state index in [1.165, 1.54) is 10.8 Å². The van der Waals surface area contributed by atoms with Crippen molar-refractivity contribution < 1.29 is 55.9 Å². The Morgan fingerprint density at radius 1 is 1.21 bits per heavy atom. The van der Waals surface area contributed by atoms with Crippen molar-refractivity contribution in [2.24, 2.45) is 5.73 Å². The topological polar surface area (TPSA) is 255 Å². The summed E-state index contributed by atoms with van der Waals surface area (Å²) < 4.78 is 60.9. The van der Waals surface area contributed by atoms with E-state index >= 15 is 0 Å². The number of aromatic nitrogens is 3. The van der Waals surface area contributed by atoms with E-state index in [2.05, 4.69) is 30.4 Å². The van der Waals surface area contributed by atoms with Gasteiger partial charge in [-0.25, -0.2) is 18.7 Å². The number of nitrogens with zero attached hydrogens (tertiary/aromatic N) is 2. The summed E-state index contributed by atoms with van der Waals surface area (Å²) in [6.45, 7) is 7.30. The summed E-state index contributed by atoms with van der Waals surface area (Å²) >= 11 is 0. The molecule has 5 atom stereocenters. The molecule has 2 unspecified atom stereocenters. The highest BCUT2D eigenvalue weighted by molar-refractivity contribution is 8.77. The molecule has 1 fully saturated rings. The molecular weight excluding hydrogens is 673 g/mol. The summed E-state index contributed by atoms with van der Waals surface area (Å²) in [4.78, 5) is 56.5. The van der Waals surface area contributed by atoms with Gasteiger partial charge in [0.1, 0.15) is 23.5 Å². The van der Waals surface area contributed by atoms with Crippen LogP contribution in [0.1, 0.15) is 38.6 Å². The molecule has 2 aromatic rings. The molecule has 22 heteroatoms. The monoisotopic (exact) mass is 706 g/mol. The van der Waals surface area contributed by atoms with Crippen molar-refractivity contribution in [2.75, 3.05) is 19.1 Å². The first-order chi connectivity index (χ1) is 19.8. The lowest BCUT2D eigenvalue weighted by Gasteiger charge is -2.22. The maximum atomic E-state index is 12.7. The molecule has 0 amide bonds. The number of fused-ring (bicyclic) bond motifs is 1. The lowest BCUT2D eigenvalue weighted by molar-refractivity contribution is -0.0385. The summed E-state index contributed by atoms with van der Waals surface area (Å²) in [5, 5.41) is 0.275. The molecule has 0 saturated carbocycles. The fourth-order valence-corrected chi connectivity index (χ4v) is 8.96. The normalized spacial score (nSPS) is 22.2. The van der Waals surface area contributed by atoms with Crippen LogP contribution in [0.15, 0.2) is 11.0 Å². The van der Waals surface area contributed by atoms with Crippen LogP contribution in [0.3, 0.4) is 0 Å². The third kappa shape index (κ3) is 11.7. The molecule has 242 valence electrons. The van der Waals surface area contributed by atoms with Crippen molar-refractivity contribution in [1.29, 1.82) is 0 Å². The van der Waals surface area contributed by atoms with Gasteiger partial charge in [0.05, 0.1) is 42.9 Å². The molecule has 0 aromatic carbocycles. The van der Waals surface area contributed by atoms with E-state index in [9.17, 15) is 28.3 Å². The zero-order valence-corrected chi connectivity index (χ0v) is 27.8. The van der Waals surface area contributed by atoms with E-state index in [4.69, 9.17) is 29.5 Å². The number of phosphoric acid groups is 3. The van der Waals surface area contributed by atoms with Crippen LogP contribution in [0.5, 0.6) is 0 Å². The summed E-state index contributed by atoms with van der Waals surface area (Å²) in [6, 6.07) is 0. The second-order valence-corrected chi connectivity index (χ2v) is 17.6. The van der Waals surface area contributed by atoms with Gasteiger partial charge < -0.3 is 44.3 Å². The van der Waals surface area contributed by atoms with E-state index in [-0.39, 0.29) is 41.1 Å². The molecule has 3 rings (SSSR count). The molecule has 7 N–H and O–H groups in total. The fraction of sp³-hybridized carbons (Fsp3) is 0.619. The number of aromatic amines is 1. The van der Waals surface area contributed by atoms with Crippen LogP contribution in [0, 0.1) is 18.8 Å². The van der Waals surface area contributed by atoms with Gasteiger partial charge in [-0.1, -0.05) is 54.2 Å². The number of nitrogens with two attached hydrogens (primary N) is 1. The molecule has 43 heavy (non-hydrogen) atoms. The van der Waals surface area contributed by atoms with E-state index in [1.54, 1.807) is 28.5 Å². The molecule has 17 nitrogen and oxygen atoms in total. The smallest absolute Gasteiger partial charge is 0.368 e. The third-order valence-electron chi connectivity index (χ3n) is 5.30. The minimum atomic E-state index is -5.68. The molecule has 1 saturated heterocycles. The predicted octanol–water partition coefficient (Wildman–Crippen LogP) is 2.37. The molecule has 0 aliphatic carbocycles. The summed E-state index contributed by atoms with van der Waals surface area (Å²) in [6.07, 6.45) is -0.319. The van der Waals surface area contributed by atoms with Crippen LogP contribution < -0.4 is 11.3 Å². The summed E-state index contributed by atoms with van der Waals surface area (Å²) in [7, 11) is -13.6. The Hall–Kier alpha value is -1.03. The molecule has 0 radical (unpaired) electrons. The highest BCUT2D eigenvalue weighted by Crippen LogP contribution is 2.66. The molecule has 1 aliphatic heterocycles. The van der Waals surface area contributed by atoms with Gasteiger partial charge >= 0.3 is 23.5 Å². The van der Waals surface area contributed by atoms with Crippen molar-refractivity contribution in [3.63, 3.8) is 0 Å². The quantitative estimate of drug-likeness (QED) is 0.0574. The first kappa shape index (κ1) is 36.4. The number of hydrogen-bond acceptors (Lipinski definition) is 13. The Morgan fingerprint density at radius 3 is 2.53 bits per heavy atom. The highest BCUT2D eigenvalue weighted by atomic mass is 33.1. The SMILES string of the molecule is Cc1nc2c(c(C#CCN)cn2C[C@H]2C[C@@H](OCSSC(C)(C)C)[C@@H](COP(=O)(O)OP(=O)(O)OP(=O)(O)O)O2)c(=O)[nH]1. The number of aryl methyl sites for hydroxylation is 1. The second-order valence-electron chi connectivity index (χ2n) is 10.1. The van der Waals surface area contributed by atoms with Crippen LogP contribution in [0.25, 0.3) is 11.0 Å². The van der Waals surface area contributed by atoms with Crippen molar-refractivity contribution in [3.05, 3.63) is 27.9 Å². The average molecular weight is 707 g/mol. The number of hydrogen-bond donors (Lipinski definition) is 6. The maximum Gasteiger partial charge on any atom is 0.490 e. The zero-order chi connectivity index (χ0) is 32.2. The highest BCUT2D eigenvalue weighted by Gasteiger charge is 2.43. The average Bonchev–Trinajstić information content (AvgIpc) is 3.37. The molecule has 3 heterocycles. The number of H-pyrrole nitrogens is 1. The molecule has 2 aromatic heterocycles. The van der Waals surface area contributed by atoms with Crippen molar-refractivity contribution >= 4 is 56.1 Å². The zero-order valence-electron chi connectivity index (χ0n) is 23.4. The Kier molecular flexibility index (Phi) is 12.4. The van der Waals surface area contributed by atoms with Crippen molar-refractivity contribution in [3.8, 4) is 11.8 Å². The van der Waals surface area contributed by atoms with Gasteiger partial charge in [0.2, 0.25) is 0 Å². The summed E-state index contributed by atoms with van der Waals surface area (Å²) in [5.74, 6) is 6.18. The molecule has 0 bridgehead atoms. The largest absolute Gasteiger partial charge is 0.490 e. The first-order valence-corrected chi connectivity index (χ1v) is 19.3. The fourth-order valence-electron chi connectivity index (χ4n) is 3.93. The Morgan fingerprint density at radius 2 is 1.91 bits per heavy atom. The lowest BCUT2D eigenvalue weighted by atomic mass is 10.1. The van der Waals surface area contributed by atoms with Gasteiger partial charge in [0.15, 0.2) is 0 Å². The molecule has 1 aliphatic rings. The van der Waals surface area contributed by atoms with Crippen LogP contribution in [-0.2, 0) is 42.9 Å². The van der Waals surface area contributed by atoms with E-state index in [1.807, 2.05) is 20.8 Å². The van der Waals surface area contributed by atoms with Gasteiger partial charge in [0, 0.05) is 17.4 Å². The molecular formula is C21H33N4O13P3S2. The van der Waals surface area contributed by atoms with Crippen LogP contribution >= 0.6 is 45.1 Å². The van der Waals surface area contributed by atoms with Crippen molar-refractivity contribution in [2.45, 2.75) is 63.7 Å². The van der Waals surface area contributed by atoms with Gasteiger partial charge in [-0.05, 0) is 6.92 Å². The van der Waals surface area contributed by atoms with Gasteiger partial charge in [-0.3, -0.25) is 9.32 Å². The number of ether oxygens (including phenoxy) is 2. The van der Waals surface area contributed by atoms with E-state index in [0.717, 1.165) is 0 Å². The maximum absolute atomic E-state index is 12.7. The van der Waals surface area contributed by atoms with Gasteiger partial charge in [-0.2, -0.15) is 8.62 Å². The minimum Gasteiger partial charge on any atom is -0.368 e. The minimum absolute atomic E-state index is 0.0531. The summed E-state index contributed by atoms with van der Waals surface area (Å²) in [5.41, 5.74) is 5.90. The van der Waals surface area contributed by atoms with Crippen LogP contribution in [-0.4, -0.2) is 76.3 Å². The Balaban J connectivity index is 1.79. The predicted molar refractivity (Wildman–Crippen MR) is 159 cm³/mol. The van der Waals surface area contributed by atoms with E-state index < -0.39 is 48.4 Å². The van der Waals surface area contributed by atoms with Gasteiger partial charge in [-0.15, -0.1) is 0 Å².